The molecule has 1 heterocycles. The highest BCUT2D eigenvalue weighted by Gasteiger charge is 2.04. The van der Waals surface area contributed by atoms with Gasteiger partial charge >= 0.3 is 0 Å². The maximum Gasteiger partial charge on any atom is 0.240 e. The number of nitriles is 2. The Morgan fingerprint density at radius 3 is 3.00 bits per heavy atom. The fraction of sp³-hybridized carbons (Fsp3) is 0.222. The van der Waals surface area contributed by atoms with Crippen molar-refractivity contribution in [2.75, 3.05) is 6.54 Å². The van der Waals surface area contributed by atoms with Gasteiger partial charge in [-0.1, -0.05) is 0 Å². The van der Waals surface area contributed by atoms with Gasteiger partial charge in [0.1, 0.15) is 24.9 Å². The van der Waals surface area contributed by atoms with E-state index in [4.69, 9.17) is 10.5 Å². The van der Waals surface area contributed by atoms with Crippen molar-refractivity contribution in [1.82, 2.24) is 9.88 Å². The molecular weight excluding hydrogens is 180 g/mol. The Kier molecular flexibility index (Phi) is 3.28. The molecule has 0 aliphatic rings. The fourth-order valence-electron chi connectivity index (χ4n) is 1.00. The van der Waals surface area contributed by atoms with Gasteiger partial charge in [0, 0.05) is 6.20 Å². The summed E-state index contributed by atoms with van der Waals surface area (Å²) < 4.78 is 1.52. The van der Waals surface area contributed by atoms with Gasteiger partial charge in [-0.25, -0.2) is 0 Å². The van der Waals surface area contributed by atoms with E-state index in [0.717, 1.165) is 0 Å². The normalized spacial score (nSPS) is 8.71. The first-order valence-corrected chi connectivity index (χ1v) is 3.97. The summed E-state index contributed by atoms with van der Waals surface area (Å²) in [4.78, 5) is 11.1. The Morgan fingerprint density at radius 2 is 2.36 bits per heavy atom. The van der Waals surface area contributed by atoms with E-state index in [1.165, 1.54) is 4.57 Å². The summed E-state index contributed by atoms with van der Waals surface area (Å²) in [6, 6.07) is 7.07. The van der Waals surface area contributed by atoms with Crippen LogP contribution in [0.3, 0.4) is 0 Å². The molecule has 0 saturated heterocycles. The van der Waals surface area contributed by atoms with Crippen molar-refractivity contribution in [3.63, 3.8) is 0 Å². The smallest absolute Gasteiger partial charge is 0.240 e. The Balaban J connectivity index is 2.58. The van der Waals surface area contributed by atoms with Crippen molar-refractivity contribution in [1.29, 1.82) is 10.5 Å². The van der Waals surface area contributed by atoms with Crippen LogP contribution in [0, 0.1) is 22.7 Å². The third kappa shape index (κ3) is 2.36. The van der Waals surface area contributed by atoms with Crippen LogP contribution in [0.15, 0.2) is 18.3 Å². The first-order valence-electron chi connectivity index (χ1n) is 3.97. The molecule has 0 unspecified atom stereocenters. The second kappa shape index (κ2) is 4.68. The first-order chi connectivity index (χ1) is 6.77. The van der Waals surface area contributed by atoms with Gasteiger partial charge in [-0.15, -0.1) is 0 Å². The second-order valence-electron chi connectivity index (χ2n) is 2.57. The molecule has 0 saturated carbocycles. The van der Waals surface area contributed by atoms with Crippen LogP contribution in [0.2, 0.25) is 0 Å². The molecular formula is C9H8N4O. The maximum atomic E-state index is 11.1. The molecule has 0 aromatic carbocycles. The first kappa shape index (κ1) is 9.82. The standard InChI is InChI=1S/C9H8N4O/c10-3-4-12-9(14)7-13-5-1-2-8(13)6-11/h1-2,5H,4,7H2,(H,12,14). The van der Waals surface area contributed by atoms with Gasteiger partial charge in [0.05, 0.1) is 6.07 Å². The van der Waals surface area contributed by atoms with Crippen LogP contribution in [0.1, 0.15) is 5.69 Å². The largest absolute Gasteiger partial charge is 0.341 e. The molecule has 1 rings (SSSR count). The Bertz CT molecular complexity index is 407. The van der Waals surface area contributed by atoms with Crippen molar-refractivity contribution < 1.29 is 4.79 Å². The van der Waals surface area contributed by atoms with Gasteiger partial charge in [-0.2, -0.15) is 10.5 Å². The number of hydrogen-bond donors (Lipinski definition) is 1. The van der Waals surface area contributed by atoms with Gasteiger partial charge in [0.2, 0.25) is 5.91 Å². The molecule has 5 nitrogen and oxygen atoms in total. The van der Waals surface area contributed by atoms with E-state index in [1.807, 2.05) is 6.07 Å². The van der Waals surface area contributed by atoms with Crippen LogP contribution in [-0.4, -0.2) is 17.0 Å². The number of nitrogens with one attached hydrogen (secondary N) is 1. The quantitative estimate of drug-likeness (QED) is 0.678. The maximum absolute atomic E-state index is 11.1. The number of rotatable bonds is 3. The third-order valence-corrected chi connectivity index (χ3v) is 1.62. The zero-order valence-electron chi connectivity index (χ0n) is 7.40. The van der Waals surface area contributed by atoms with Gasteiger partial charge in [-0.3, -0.25) is 4.79 Å². The minimum Gasteiger partial charge on any atom is -0.341 e. The Hall–Kier alpha value is -2.27. The van der Waals surface area contributed by atoms with Crippen molar-refractivity contribution in [2.45, 2.75) is 6.54 Å². The van der Waals surface area contributed by atoms with Crippen molar-refractivity contribution in [2.24, 2.45) is 0 Å². The van der Waals surface area contributed by atoms with Gasteiger partial charge in [0.25, 0.3) is 0 Å². The van der Waals surface area contributed by atoms with Crippen molar-refractivity contribution >= 4 is 5.91 Å². The number of carbonyl (C=O) groups is 1. The van der Waals surface area contributed by atoms with E-state index in [-0.39, 0.29) is 19.0 Å². The van der Waals surface area contributed by atoms with E-state index in [9.17, 15) is 4.79 Å². The molecule has 1 aromatic heterocycles. The zero-order valence-corrected chi connectivity index (χ0v) is 7.40. The van der Waals surface area contributed by atoms with E-state index in [1.54, 1.807) is 24.4 Å². The number of hydrogen-bond acceptors (Lipinski definition) is 3. The number of amides is 1. The van der Waals surface area contributed by atoms with Crippen LogP contribution >= 0.6 is 0 Å². The zero-order chi connectivity index (χ0) is 10.4. The molecule has 0 atom stereocenters. The summed E-state index contributed by atoms with van der Waals surface area (Å²) >= 11 is 0. The summed E-state index contributed by atoms with van der Waals surface area (Å²) in [5.41, 5.74) is 0.428. The van der Waals surface area contributed by atoms with Gasteiger partial charge in [0.15, 0.2) is 0 Å². The highest BCUT2D eigenvalue weighted by Crippen LogP contribution is 1.99. The van der Waals surface area contributed by atoms with Crippen LogP contribution < -0.4 is 5.32 Å². The van der Waals surface area contributed by atoms with E-state index in [0.29, 0.717) is 5.69 Å². The minimum absolute atomic E-state index is 0.0119. The molecule has 5 heteroatoms. The van der Waals surface area contributed by atoms with E-state index in [2.05, 4.69) is 5.32 Å². The minimum atomic E-state index is -0.278. The highest BCUT2D eigenvalue weighted by atomic mass is 16.1. The van der Waals surface area contributed by atoms with Crippen LogP contribution in [0.25, 0.3) is 0 Å². The molecule has 0 fully saturated rings. The molecule has 1 aromatic rings. The predicted octanol–water partition coefficient (Wildman–Crippen LogP) is -0.000440. The Morgan fingerprint density at radius 1 is 1.57 bits per heavy atom. The molecule has 0 spiro atoms. The third-order valence-electron chi connectivity index (χ3n) is 1.62. The summed E-state index contributed by atoms with van der Waals surface area (Å²) in [5.74, 6) is -0.278. The number of carbonyl (C=O) groups excluding carboxylic acids is 1. The fourth-order valence-corrected chi connectivity index (χ4v) is 1.00. The number of aromatic nitrogens is 1. The second-order valence-corrected chi connectivity index (χ2v) is 2.57. The van der Waals surface area contributed by atoms with E-state index < -0.39 is 0 Å². The molecule has 0 radical (unpaired) electrons. The van der Waals surface area contributed by atoms with Crippen molar-refractivity contribution in [3.8, 4) is 12.1 Å². The lowest BCUT2D eigenvalue weighted by atomic mass is 10.4. The Labute approximate surface area is 81.2 Å². The molecule has 1 amide bonds. The summed E-state index contributed by atoms with van der Waals surface area (Å²) in [6.07, 6.45) is 1.64. The molecule has 14 heavy (non-hydrogen) atoms. The molecule has 0 aliphatic carbocycles. The predicted molar refractivity (Wildman–Crippen MR) is 47.8 cm³/mol. The summed E-state index contributed by atoms with van der Waals surface area (Å²) in [5, 5.41) is 19.3. The lowest BCUT2D eigenvalue weighted by molar-refractivity contribution is -0.121. The van der Waals surface area contributed by atoms with E-state index >= 15 is 0 Å². The summed E-state index contributed by atoms with van der Waals surface area (Å²) in [7, 11) is 0. The number of nitrogens with zero attached hydrogens (tertiary/aromatic N) is 3. The van der Waals surface area contributed by atoms with Crippen LogP contribution in [0.4, 0.5) is 0 Å². The highest BCUT2D eigenvalue weighted by molar-refractivity contribution is 5.76. The average molecular weight is 188 g/mol. The van der Waals surface area contributed by atoms with Gasteiger partial charge in [-0.05, 0) is 12.1 Å². The van der Waals surface area contributed by atoms with Gasteiger partial charge < -0.3 is 9.88 Å². The molecule has 0 aliphatic heterocycles. The average Bonchev–Trinajstić information content (AvgIpc) is 2.62. The molecule has 1 N–H and O–H groups in total. The topological polar surface area (TPSA) is 81.6 Å². The van der Waals surface area contributed by atoms with Crippen LogP contribution in [-0.2, 0) is 11.3 Å². The lowest BCUT2D eigenvalue weighted by Crippen LogP contribution is -2.27. The molecule has 0 bridgehead atoms. The SMILES string of the molecule is N#CCNC(=O)Cn1cccc1C#N. The summed E-state index contributed by atoms with van der Waals surface area (Å²) in [6.45, 7) is 0.0551. The lowest BCUT2D eigenvalue weighted by Gasteiger charge is -2.03. The molecule has 70 valence electrons. The van der Waals surface area contributed by atoms with Crippen molar-refractivity contribution in [3.05, 3.63) is 24.0 Å². The van der Waals surface area contributed by atoms with Crippen LogP contribution in [0.5, 0.6) is 0 Å². The monoisotopic (exact) mass is 188 g/mol.